The molecule has 0 fully saturated rings. The van der Waals surface area contributed by atoms with Crippen LogP contribution < -0.4 is 0 Å². The van der Waals surface area contributed by atoms with Crippen LogP contribution in [0.4, 0.5) is 0 Å². The van der Waals surface area contributed by atoms with E-state index in [4.69, 9.17) is 6.58 Å². The molecule has 0 aliphatic heterocycles. The highest BCUT2D eigenvalue weighted by Crippen LogP contribution is 2.10. The minimum atomic E-state index is 0.848. The number of nitrogens with zero attached hydrogens (tertiary/aromatic N) is 1. The first-order valence-corrected chi connectivity index (χ1v) is 3.37. The molecule has 1 radical (unpaired) electrons. The number of pyridine rings is 1. The summed E-state index contributed by atoms with van der Waals surface area (Å²) >= 11 is 0. The van der Waals surface area contributed by atoms with E-state index in [1.807, 2.05) is 25.1 Å². The number of hydrogen-bond acceptors (Lipinski definition) is 1. The molecule has 0 atom stereocenters. The Morgan fingerprint density at radius 2 is 2.40 bits per heavy atom. The predicted octanol–water partition coefficient (Wildman–Crippen LogP) is 2.31. The molecule has 0 aliphatic carbocycles. The van der Waals surface area contributed by atoms with E-state index < -0.39 is 0 Å². The van der Waals surface area contributed by atoms with E-state index in [2.05, 4.69) is 4.98 Å². The molecule has 0 spiro atoms. The summed E-state index contributed by atoms with van der Waals surface area (Å²) < 4.78 is 0. The summed E-state index contributed by atoms with van der Waals surface area (Å²) in [6.07, 6.45) is 2.61. The van der Waals surface area contributed by atoms with Gasteiger partial charge in [0, 0.05) is 6.20 Å². The molecule has 51 valence electrons. The van der Waals surface area contributed by atoms with E-state index in [9.17, 15) is 0 Å². The summed E-state index contributed by atoms with van der Waals surface area (Å²) in [6, 6.07) is 5.73. The maximum absolute atomic E-state index is 5.65. The van der Waals surface area contributed by atoms with Crippen LogP contribution in [0.2, 0.25) is 0 Å². The van der Waals surface area contributed by atoms with Gasteiger partial charge in [-0.25, -0.2) is 0 Å². The summed E-state index contributed by atoms with van der Waals surface area (Å²) in [5.74, 6) is 0. The molecular formula is C9H10N. The van der Waals surface area contributed by atoms with Crippen LogP contribution in [0, 0.1) is 6.58 Å². The lowest BCUT2D eigenvalue weighted by Gasteiger charge is -1.97. The molecule has 1 heteroatoms. The van der Waals surface area contributed by atoms with Crippen LogP contribution >= 0.6 is 0 Å². The van der Waals surface area contributed by atoms with Crippen LogP contribution in [0.1, 0.15) is 19.0 Å². The molecule has 0 saturated carbocycles. The molecule has 1 heterocycles. The van der Waals surface area contributed by atoms with Gasteiger partial charge >= 0.3 is 0 Å². The van der Waals surface area contributed by atoms with Crippen molar-refractivity contribution < 1.29 is 0 Å². The topological polar surface area (TPSA) is 12.9 Å². The number of hydrogen-bond donors (Lipinski definition) is 0. The van der Waals surface area contributed by atoms with Gasteiger partial charge < -0.3 is 0 Å². The maximum atomic E-state index is 5.65. The average Bonchev–Trinajstić information content (AvgIpc) is 2.05. The molecule has 0 bridgehead atoms. The van der Waals surface area contributed by atoms with Gasteiger partial charge in [0.15, 0.2) is 0 Å². The van der Waals surface area contributed by atoms with Gasteiger partial charge in [-0.15, -0.1) is 0 Å². The Labute approximate surface area is 61.4 Å². The number of aromatic nitrogens is 1. The van der Waals surface area contributed by atoms with Crippen molar-refractivity contribution in [2.45, 2.75) is 13.3 Å². The molecule has 0 aliphatic rings. The average molecular weight is 132 g/mol. The SMILES string of the molecule is [CH]=C(CC)c1ccccn1. The zero-order valence-corrected chi connectivity index (χ0v) is 6.04. The largest absolute Gasteiger partial charge is 0.257 e. The van der Waals surface area contributed by atoms with Gasteiger partial charge in [-0.05, 0) is 24.1 Å². The third-order valence-corrected chi connectivity index (χ3v) is 1.37. The van der Waals surface area contributed by atoms with Crippen LogP contribution in [-0.2, 0) is 0 Å². The van der Waals surface area contributed by atoms with E-state index >= 15 is 0 Å². The van der Waals surface area contributed by atoms with E-state index in [0.717, 1.165) is 17.7 Å². The first-order chi connectivity index (χ1) is 4.84. The van der Waals surface area contributed by atoms with Gasteiger partial charge in [-0.2, -0.15) is 0 Å². The Kier molecular flexibility index (Phi) is 2.21. The van der Waals surface area contributed by atoms with Crippen molar-refractivity contribution >= 4 is 5.57 Å². The number of rotatable bonds is 2. The first kappa shape index (κ1) is 7.00. The quantitative estimate of drug-likeness (QED) is 0.601. The summed E-state index contributed by atoms with van der Waals surface area (Å²) in [6.45, 7) is 7.67. The van der Waals surface area contributed by atoms with E-state index in [-0.39, 0.29) is 0 Å². The van der Waals surface area contributed by atoms with Crippen molar-refractivity contribution in [3.05, 3.63) is 36.7 Å². The smallest absolute Gasteiger partial charge is 0.0661 e. The zero-order chi connectivity index (χ0) is 7.40. The van der Waals surface area contributed by atoms with E-state index in [1.54, 1.807) is 6.20 Å². The lowest BCUT2D eigenvalue weighted by Crippen LogP contribution is -1.83. The molecule has 0 amide bonds. The minimum Gasteiger partial charge on any atom is -0.257 e. The van der Waals surface area contributed by atoms with Gasteiger partial charge in [0.2, 0.25) is 0 Å². The Balaban J connectivity index is 2.85. The molecule has 1 aromatic rings. The summed E-state index contributed by atoms with van der Waals surface area (Å²) in [5.41, 5.74) is 1.74. The standard InChI is InChI=1S/C9H10N/c1-3-8(2)9-6-4-5-7-10-9/h2,4-7H,3H2,1H3. The van der Waals surface area contributed by atoms with Gasteiger partial charge in [0.1, 0.15) is 0 Å². The molecule has 0 aromatic carbocycles. The van der Waals surface area contributed by atoms with Crippen LogP contribution in [-0.4, -0.2) is 4.98 Å². The Bertz CT molecular complexity index is 213. The van der Waals surface area contributed by atoms with Crippen molar-refractivity contribution in [2.24, 2.45) is 0 Å². The minimum absolute atomic E-state index is 0.848. The summed E-state index contributed by atoms with van der Waals surface area (Å²) in [4.78, 5) is 4.09. The molecule has 0 N–H and O–H groups in total. The van der Waals surface area contributed by atoms with Crippen LogP contribution in [0.5, 0.6) is 0 Å². The third kappa shape index (κ3) is 1.44. The third-order valence-electron chi connectivity index (χ3n) is 1.37. The van der Waals surface area contributed by atoms with Gasteiger partial charge in [0.25, 0.3) is 0 Å². The fourth-order valence-electron chi connectivity index (χ4n) is 0.734. The van der Waals surface area contributed by atoms with Crippen LogP contribution in [0.3, 0.4) is 0 Å². The number of allylic oxidation sites excluding steroid dienone is 1. The molecule has 10 heavy (non-hydrogen) atoms. The Morgan fingerprint density at radius 1 is 1.60 bits per heavy atom. The lowest BCUT2D eigenvalue weighted by molar-refractivity contribution is 1.18. The van der Waals surface area contributed by atoms with E-state index in [0.29, 0.717) is 0 Å². The Morgan fingerprint density at radius 3 is 2.90 bits per heavy atom. The second-order valence-electron chi connectivity index (χ2n) is 2.09. The second-order valence-corrected chi connectivity index (χ2v) is 2.09. The van der Waals surface area contributed by atoms with Crippen molar-refractivity contribution in [3.63, 3.8) is 0 Å². The maximum Gasteiger partial charge on any atom is 0.0661 e. The van der Waals surface area contributed by atoms with E-state index in [1.165, 1.54) is 0 Å². The molecule has 1 rings (SSSR count). The monoisotopic (exact) mass is 132 g/mol. The van der Waals surface area contributed by atoms with Gasteiger partial charge in [0.05, 0.1) is 5.69 Å². The molecule has 0 unspecified atom stereocenters. The Hall–Kier alpha value is -1.11. The van der Waals surface area contributed by atoms with Crippen molar-refractivity contribution in [3.8, 4) is 0 Å². The summed E-state index contributed by atoms with van der Waals surface area (Å²) in [7, 11) is 0. The first-order valence-electron chi connectivity index (χ1n) is 3.37. The highest BCUT2D eigenvalue weighted by atomic mass is 14.7. The zero-order valence-electron chi connectivity index (χ0n) is 6.04. The lowest BCUT2D eigenvalue weighted by atomic mass is 10.1. The molecule has 1 aromatic heterocycles. The van der Waals surface area contributed by atoms with Crippen LogP contribution in [0.15, 0.2) is 24.4 Å². The summed E-state index contributed by atoms with van der Waals surface area (Å²) in [5, 5.41) is 0. The molecule has 1 nitrogen and oxygen atoms in total. The van der Waals surface area contributed by atoms with Crippen molar-refractivity contribution in [1.82, 2.24) is 4.98 Å². The van der Waals surface area contributed by atoms with Gasteiger partial charge in [-0.1, -0.05) is 19.6 Å². The second kappa shape index (κ2) is 3.16. The normalized spacial score (nSPS) is 9.30. The highest BCUT2D eigenvalue weighted by molar-refractivity contribution is 5.57. The fourth-order valence-corrected chi connectivity index (χ4v) is 0.734. The highest BCUT2D eigenvalue weighted by Gasteiger charge is 1.93. The van der Waals surface area contributed by atoms with Crippen LogP contribution in [0.25, 0.3) is 5.57 Å². The van der Waals surface area contributed by atoms with Gasteiger partial charge in [-0.3, -0.25) is 4.98 Å². The molecular weight excluding hydrogens is 122 g/mol. The predicted molar refractivity (Wildman–Crippen MR) is 42.2 cm³/mol. The van der Waals surface area contributed by atoms with Crippen molar-refractivity contribution in [2.75, 3.05) is 0 Å². The fraction of sp³-hybridized carbons (Fsp3) is 0.222. The molecule has 0 saturated heterocycles. The van der Waals surface area contributed by atoms with Crippen molar-refractivity contribution in [1.29, 1.82) is 0 Å².